The Morgan fingerprint density at radius 1 is 1.43 bits per heavy atom. The minimum Gasteiger partial charge on any atom is -0.397 e. The molecule has 2 aromatic rings. The van der Waals surface area contributed by atoms with Crippen LogP contribution in [0, 0.1) is 17.2 Å². The molecule has 0 aliphatic carbocycles. The van der Waals surface area contributed by atoms with E-state index in [1.807, 2.05) is 0 Å². The van der Waals surface area contributed by atoms with E-state index in [0.717, 1.165) is 4.70 Å². The Kier molecular flexibility index (Phi) is 4.23. The van der Waals surface area contributed by atoms with Crippen LogP contribution in [0.25, 0.3) is 10.1 Å². The van der Waals surface area contributed by atoms with Crippen LogP contribution in [0.1, 0.15) is 37.4 Å². The van der Waals surface area contributed by atoms with Gasteiger partial charge >= 0.3 is 0 Å². The van der Waals surface area contributed by atoms with Gasteiger partial charge in [0.15, 0.2) is 0 Å². The monoisotopic (exact) mass is 308 g/mol. The number of carbonyl (C=O) groups excluding carboxylic acids is 1. The molecule has 3 nitrogen and oxygen atoms in total. The first-order chi connectivity index (χ1) is 9.70. The van der Waals surface area contributed by atoms with E-state index in [0.29, 0.717) is 28.4 Å². The number of carbonyl (C=O) groups is 1. The minimum absolute atomic E-state index is 0.127. The molecule has 5 heteroatoms. The molecule has 0 spiro atoms. The number of anilines is 1. The number of nitrogens with one attached hydrogen (secondary N) is 1. The minimum atomic E-state index is -0.347. The highest BCUT2D eigenvalue weighted by Crippen LogP contribution is 2.34. The molecular formula is C16H21FN2OS. The molecule has 1 aromatic carbocycles. The van der Waals surface area contributed by atoms with Crippen LogP contribution >= 0.6 is 11.3 Å². The van der Waals surface area contributed by atoms with Gasteiger partial charge in [-0.2, -0.15) is 0 Å². The van der Waals surface area contributed by atoms with E-state index in [4.69, 9.17) is 5.73 Å². The summed E-state index contributed by atoms with van der Waals surface area (Å²) in [7, 11) is 0. The molecule has 0 aliphatic rings. The number of benzene rings is 1. The van der Waals surface area contributed by atoms with Crippen molar-refractivity contribution >= 4 is 33.0 Å². The van der Waals surface area contributed by atoms with E-state index in [-0.39, 0.29) is 17.1 Å². The number of hydrogen-bond acceptors (Lipinski definition) is 3. The van der Waals surface area contributed by atoms with Crippen molar-refractivity contribution in [1.29, 1.82) is 0 Å². The SMILES string of the molecule is CC(CNC(=O)c1sc2ccc(F)cc2c1N)C(C)(C)C. The van der Waals surface area contributed by atoms with Crippen LogP contribution in [0.4, 0.5) is 10.1 Å². The Hall–Kier alpha value is -1.62. The summed E-state index contributed by atoms with van der Waals surface area (Å²) in [6, 6.07) is 4.40. The number of fused-ring (bicyclic) bond motifs is 1. The lowest BCUT2D eigenvalue weighted by atomic mass is 9.82. The van der Waals surface area contributed by atoms with Crippen LogP contribution in [0.15, 0.2) is 18.2 Å². The van der Waals surface area contributed by atoms with Gasteiger partial charge < -0.3 is 11.1 Å². The second-order valence-corrected chi connectivity index (χ2v) is 7.51. The van der Waals surface area contributed by atoms with Gasteiger partial charge in [-0.15, -0.1) is 11.3 Å². The van der Waals surface area contributed by atoms with E-state index < -0.39 is 0 Å². The average Bonchev–Trinajstić information content (AvgIpc) is 2.72. The predicted molar refractivity (Wildman–Crippen MR) is 87.1 cm³/mol. The smallest absolute Gasteiger partial charge is 0.263 e. The summed E-state index contributed by atoms with van der Waals surface area (Å²) in [5.41, 5.74) is 6.47. The molecule has 0 bridgehead atoms. The fourth-order valence-electron chi connectivity index (χ4n) is 1.89. The van der Waals surface area contributed by atoms with E-state index in [1.165, 1.54) is 23.5 Å². The third kappa shape index (κ3) is 3.35. The molecule has 1 unspecified atom stereocenters. The summed E-state index contributed by atoms with van der Waals surface area (Å²) in [6.45, 7) is 9.11. The summed E-state index contributed by atoms with van der Waals surface area (Å²) in [4.78, 5) is 12.7. The van der Waals surface area contributed by atoms with Gasteiger partial charge in [-0.25, -0.2) is 4.39 Å². The van der Waals surface area contributed by atoms with Crippen molar-refractivity contribution in [1.82, 2.24) is 5.32 Å². The van der Waals surface area contributed by atoms with Crippen LogP contribution in [0.3, 0.4) is 0 Å². The number of halogens is 1. The van der Waals surface area contributed by atoms with Crippen molar-refractivity contribution in [2.24, 2.45) is 11.3 Å². The molecule has 1 amide bonds. The first kappa shape index (κ1) is 15.8. The quantitative estimate of drug-likeness (QED) is 0.899. The predicted octanol–water partition coefficient (Wildman–Crippen LogP) is 4.03. The van der Waals surface area contributed by atoms with E-state index in [1.54, 1.807) is 6.07 Å². The number of amides is 1. The number of thiophene rings is 1. The maximum Gasteiger partial charge on any atom is 0.263 e. The van der Waals surface area contributed by atoms with Crippen LogP contribution in [-0.2, 0) is 0 Å². The van der Waals surface area contributed by atoms with Crippen molar-refractivity contribution in [3.8, 4) is 0 Å². The summed E-state index contributed by atoms with van der Waals surface area (Å²) in [6.07, 6.45) is 0. The van der Waals surface area contributed by atoms with Crippen LogP contribution in [-0.4, -0.2) is 12.5 Å². The molecule has 0 aliphatic heterocycles. The third-order valence-electron chi connectivity index (χ3n) is 3.94. The van der Waals surface area contributed by atoms with Crippen molar-refractivity contribution < 1.29 is 9.18 Å². The van der Waals surface area contributed by atoms with Gasteiger partial charge in [0.05, 0.1) is 5.69 Å². The molecule has 3 N–H and O–H groups in total. The lowest BCUT2D eigenvalue weighted by Gasteiger charge is -2.27. The van der Waals surface area contributed by atoms with Gasteiger partial charge in [0.2, 0.25) is 0 Å². The van der Waals surface area contributed by atoms with Crippen LogP contribution in [0.5, 0.6) is 0 Å². The molecular weight excluding hydrogens is 287 g/mol. The fourth-order valence-corrected chi connectivity index (χ4v) is 2.91. The summed E-state index contributed by atoms with van der Waals surface area (Å²) in [5, 5.41) is 3.52. The Bertz CT molecular complexity index is 673. The van der Waals surface area contributed by atoms with Gasteiger partial charge in [0.1, 0.15) is 10.7 Å². The van der Waals surface area contributed by atoms with Crippen LogP contribution in [0.2, 0.25) is 0 Å². The normalized spacial score (nSPS) is 13.4. The maximum atomic E-state index is 13.3. The highest BCUT2D eigenvalue weighted by molar-refractivity contribution is 7.21. The molecule has 0 radical (unpaired) electrons. The highest BCUT2D eigenvalue weighted by atomic mass is 32.1. The lowest BCUT2D eigenvalue weighted by molar-refractivity contribution is 0.0942. The maximum absolute atomic E-state index is 13.3. The van der Waals surface area contributed by atoms with E-state index >= 15 is 0 Å². The van der Waals surface area contributed by atoms with Gasteiger partial charge in [-0.3, -0.25) is 4.79 Å². The van der Waals surface area contributed by atoms with Crippen molar-refractivity contribution in [2.45, 2.75) is 27.7 Å². The second kappa shape index (κ2) is 5.64. The van der Waals surface area contributed by atoms with E-state index in [2.05, 4.69) is 33.0 Å². The summed E-state index contributed by atoms with van der Waals surface area (Å²) in [5.74, 6) is -0.194. The van der Waals surface area contributed by atoms with Crippen molar-refractivity contribution in [2.75, 3.05) is 12.3 Å². The lowest BCUT2D eigenvalue weighted by Crippen LogP contribution is -2.33. The molecule has 1 atom stereocenters. The fraction of sp³-hybridized carbons (Fsp3) is 0.438. The summed E-state index contributed by atoms with van der Waals surface area (Å²) >= 11 is 1.30. The van der Waals surface area contributed by atoms with Gasteiger partial charge in [0.25, 0.3) is 5.91 Å². The van der Waals surface area contributed by atoms with Crippen molar-refractivity contribution in [3.05, 3.63) is 28.9 Å². The number of nitrogen functional groups attached to an aromatic ring is 1. The summed E-state index contributed by atoms with van der Waals surface area (Å²) < 4.78 is 14.1. The molecule has 1 aromatic heterocycles. The Morgan fingerprint density at radius 2 is 2.10 bits per heavy atom. The van der Waals surface area contributed by atoms with Gasteiger partial charge in [0, 0.05) is 16.6 Å². The average molecular weight is 308 g/mol. The largest absolute Gasteiger partial charge is 0.397 e. The molecule has 2 rings (SSSR count). The standard InChI is InChI=1S/C16H21FN2OS/c1-9(16(2,3)4)8-19-15(20)14-13(18)11-7-10(17)5-6-12(11)21-14/h5-7,9H,8,18H2,1-4H3,(H,19,20). The molecule has 1 heterocycles. The van der Waals surface area contributed by atoms with Gasteiger partial charge in [-0.05, 0) is 29.5 Å². The Labute approximate surface area is 128 Å². The third-order valence-corrected chi connectivity index (χ3v) is 5.13. The second-order valence-electron chi connectivity index (χ2n) is 6.46. The number of hydrogen-bond donors (Lipinski definition) is 2. The number of rotatable bonds is 3. The van der Waals surface area contributed by atoms with E-state index in [9.17, 15) is 9.18 Å². The first-order valence-electron chi connectivity index (χ1n) is 6.96. The highest BCUT2D eigenvalue weighted by Gasteiger charge is 2.22. The molecule has 0 saturated carbocycles. The zero-order valence-corrected chi connectivity index (χ0v) is 13.6. The molecule has 0 fully saturated rings. The number of nitrogens with two attached hydrogens (primary N) is 1. The van der Waals surface area contributed by atoms with Crippen molar-refractivity contribution in [3.63, 3.8) is 0 Å². The zero-order chi connectivity index (χ0) is 15.8. The van der Waals surface area contributed by atoms with Crippen LogP contribution < -0.4 is 11.1 Å². The van der Waals surface area contributed by atoms with Gasteiger partial charge in [-0.1, -0.05) is 27.7 Å². The first-order valence-corrected chi connectivity index (χ1v) is 7.77. The molecule has 0 saturated heterocycles. The Morgan fingerprint density at radius 3 is 2.71 bits per heavy atom. The molecule has 114 valence electrons. The zero-order valence-electron chi connectivity index (χ0n) is 12.8. The topological polar surface area (TPSA) is 55.1 Å². The Balaban J connectivity index is 2.18. The molecule has 21 heavy (non-hydrogen) atoms.